The van der Waals surface area contributed by atoms with Crippen LogP contribution in [0.5, 0.6) is 0 Å². The Hall–Kier alpha value is -1.36. The topological polar surface area (TPSA) is 46.3 Å². The third kappa shape index (κ3) is 2.46. The van der Waals surface area contributed by atoms with Gasteiger partial charge in [-0.1, -0.05) is 32.4 Å². The first kappa shape index (κ1) is 13.6. The van der Waals surface area contributed by atoms with Gasteiger partial charge in [-0.15, -0.1) is 0 Å². The predicted octanol–water partition coefficient (Wildman–Crippen LogP) is 3.04. The van der Waals surface area contributed by atoms with Gasteiger partial charge in [-0.2, -0.15) is 19.6 Å². The Kier molecular flexibility index (Phi) is 3.32. The lowest BCUT2D eigenvalue weighted by Crippen LogP contribution is -2.39. The Bertz CT molecular complexity index is 608. The zero-order valence-electron chi connectivity index (χ0n) is 12.2. The Morgan fingerprint density at radius 1 is 1.25 bits per heavy atom. The molecule has 0 aliphatic carbocycles. The SMILES string of the molecule is CC(C)(C)C1CCN(c2cc(Cl)nc3ncnn23)CC1. The number of anilines is 1. The summed E-state index contributed by atoms with van der Waals surface area (Å²) in [5, 5.41) is 4.72. The summed E-state index contributed by atoms with van der Waals surface area (Å²) in [6.07, 6.45) is 3.91. The number of nitrogens with zero attached hydrogens (tertiary/aromatic N) is 5. The van der Waals surface area contributed by atoms with E-state index in [-0.39, 0.29) is 0 Å². The van der Waals surface area contributed by atoms with E-state index < -0.39 is 0 Å². The van der Waals surface area contributed by atoms with Gasteiger partial charge in [0.1, 0.15) is 17.3 Å². The third-order valence-corrected chi connectivity index (χ3v) is 4.44. The van der Waals surface area contributed by atoms with Gasteiger partial charge in [-0.3, -0.25) is 0 Å². The van der Waals surface area contributed by atoms with Gasteiger partial charge in [0.2, 0.25) is 0 Å². The molecule has 1 aliphatic heterocycles. The maximum atomic E-state index is 6.08. The molecule has 1 fully saturated rings. The molecule has 6 heteroatoms. The van der Waals surface area contributed by atoms with E-state index in [0.29, 0.717) is 16.3 Å². The molecular formula is C14H20ClN5. The van der Waals surface area contributed by atoms with Crippen LogP contribution in [0.2, 0.25) is 5.15 Å². The minimum atomic E-state index is 0.380. The summed E-state index contributed by atoms with van der Waals surface area (Å²) in [7, 11) is 0. The fraction of sp³-hybridized carbons (Fsp3) is 0.643. The molecule has 2 aromatic rings. The molecule has 3 rings (SSSR count). The van der Waals surface area contributed by atoms with Crippen molar-refractivity contribution in [3.05, 3.63) is 17.5 Å². The zero-order chi connectivity index (χ0) is 14.3. The number of hydrogen-bond donors (Lipinski definition) is 0. The van der Waals surface area contributed by atoms with Crippen molar-refractivity contribution in [2.45, 2.75) is 33.6 Å². The van der Waals surface area contributed by atoms with Crippen molar-refractivity contribution >= 4 is 23.2 Å². The first-order chi connectivity index (χ1) is 9.45. The maximum absolute atomic E-state index is 6.08. The zero-order valence-corrected chi connectivity index (χ0v) is 12.9. The van der Waals surface area contributed by atoms with Crippen LogP contribution >= 0.6 is 11.6 Å². The summed E-state index contributed by atoms with van der Waals surface area (Å²) in [4.78, 5) is 10.6. The molecule has 0 N–H and O–H groups in total. The minimum Gasteiger partial charge on any atom is -0.356 e. The minimum absolute atomic E-state index is 0.380. The van der Waals surface area contributed by atoms with Crippen LogP contribution in [-0.2, 0) is 0 Å². The van der Waals surface area contributed by atoms with E-state index in [9.17, 15) is 0 Å². The van der Waals surface area contributed by atoms with E-state index >= 15 is 0 Å². The molecule has 0 aromatic carbocycles. The number of halogens is 1. The number of piperidine rings is 1. The highest BCUT2D eigenvalue weighted by atomic mass is 35.5. The first-order valence-corrected chi connectivity index (χ1v) is 7.44. The molecule has 0 atom stereocenters. The van der Waals surface area contributed by atoms with Crippen molar-refractivity contribution < 1.29 is 0 Å². The summed E-state index contributed by atoms with van der Waals surface area (Å²) in [6, 6.07) is 1.88. The van der Waals surface area contributed by atoms with E-state index in [4.69, 9.17) is 11.6 Å². The molecule has 0 bridgehead atoms. The second-order valence-corrected chi connectivity index (χ2v) is 6.92. The smallest absolute Gasteiger partial charge is 0.255 e. The van der Waals surface area contributed by atoms with Gasteiger partial charge in [-0.05, 0) is 24.2 Å². The first-order valence-electron chi connectivity index (χ1n) is 7.06. The highest BCUT2D eigenvalue weighted by molar-refractivity contribution is 6.29. The predicted molar refractivity (Wildman–Crippen MR) is 80.2 cm³/mol. The lowest BCUT2D eigenvalue weighted by Gasteiger charge is -2.39. The highest BCUT2D eigenvalue weighted by Gasteiger charge is 2.29. The van der Waals surface area contributed by atoms with Gasteiger partial charge >= 0.3 is 0 Å². The van der Waals surface area contributed by atoms with Crippen LogP contribution in [0.4, 0.5) is 5.82 Å². The van der Waals surface area contributed by atoms with Crippen molar-refractivity contribution in [2.75, 3.05) is 18.0 Å². The number of hydrogen-bond acceptors (Lipinski definition) is 4. The summed E-state index contributed by atoms with van der Waals surface area (Å²) in [5.74, 6) is 2.32. The Morgan fingerprint density at radius 3 is 2.60 bits per heavy atom. The van der Waals surface area contributed by atoms with Gasteiger partial charge in [0, 0.05) is 19.2 Å². The lowest BCUT2D eigenvalue weighted by molar-refractivity contribution is 0.198. The van der Waals surface area contributed by atoms with Gasteiger partial charge in [0.15, 0.2) is 0 Å². The van der Waals surface area contributed by atoms with Gasteiger partial charge in [0.05, 0.1) is 0 Å². The molecular weight excluding hydrogens is 274 g/mol. The molecule has 108 valence electrons. The summed E-state index contributed by atoms with van der Waals surface area (Å²) >= 11 is 6.08. The average molecular weight is 294 g/mol. The molecule has 1 saturated heterocycles. The quantitative estimate of drug-likeness (QED) is 0.758. The Labute approximate surface area is 124 Å². The number of rotatable bonds is 1. The van der Waals surface area contributed by atoms with Crippen molar-refractivity contribution in [2.24, 2.45) is 11.3 Å². The number of fused-ring (bicyclic) bond motifs is 1. The van der Waals surface area contributed by atoms with Crippen molar-refractivity contribution in [1.82, 2.24) is 19.6 Å². The third-order valence-electron chi connectivity index (χ3n) is 4.25. The van der Waals surface area contributed by atoms with E-state index in [2.05, 4.69) is 40.7 Å². The van der Waals surface area contributed by atoms with Gasteiger partial charge < -0.3 is 4.90 Å². The Morgan fingerprint density at radius 2 is 1.95 bits per heavy atom. The lowest BCUT2D eigenvalue weighted by atomic mass is 9.75. The molecule has 2 aromatic heterocycles. The van der Waals surface area contributed by atoms with Gasteiger partial charge in [0.25, 0.3) is 5.78 Å². The molecule has 3 heterocycles. The van der Waals surface area contributed by atoms with Crippen LogP contribution in [0.3, 0.4) is 0 Å². The fourth-order valence-electron chi connectivity index (χ4n) is 2.97. The summed E-state index contributed by atoms with van der Waals surface area (Å²) in [6.45, 7) is 9.03. The molecule has 20 heavy (non-hydrogen) atoms. The normalized spacial score (nSPS) is 17.9. The van der Waals surface area contributed by atoms with E-state index in [1.165, 1.54) is 19.2 Å². The molecule has 0 saturated carbocycles. The largest absolute Gasteiger partial charge is 0.356 e. The van der Waals surface area contributed by atoms with Crippen molar-refractivity contribution in [3.63, 3.8) is 0 Å². The molecule has 0 unspecified atom stereocenters. The second kappa shape index (κ2) is 4.88. The summed E-state index contributed by atoms with van der Waals surface area (Å²) < 4.78 is 1.77. The molecule has 5 nitrogen and oxygen atoms in total. The van der Waals surface area contributed by atoms with Crippen LogP contribution in [0.15, 0.2) is 12.4 Å². The van der Waals surface area contributed by atoms with Crippen LogP contribution in [0.1, 0.15) is 33.6 Å². The second-order valence-electron chi connectivity index (χ2n) is 6.54. The van der Waals surface area contributed by atoms with Gasteiger partial charge in [-0.25, -0.2) is 0 Å². The van der Waals surface area contributed by atoms with E-state index in [1.54, 1.807) is 4.52 Å². The van der Waals surface area contributed by atoms with Crippen molar-refractivity contribution in [3.8, 4) is 0 Å². The fourth-order valence-corrected chi connectivity index (χ4v) is 3.14. The van der Waals surface area contributed by atoms with Crippen LogP contribution < -0.4 is 4.90 Å². The standard InChI is InChI=1S/C14H20ClN5/c1-14(2,3)10-4-6-19(7-5-10)12-8-11(15)18-13-16-9-17-20(12)13/h8-10H,4-7H2,1-3H3. The van der Waals surface area contributed by atoms with Crippen molar-refractivity contribution in [1.29, 1.82) is 0 Å². The Balaban J connectivity index is 1.85. The van der Waals surface area contributed by atoms with E-state index in [1.807, 2.05) is 6.07 Å². The number of aromatic nitrogens is 4. The van der Waals surface area contributed by atoms with Crippen LogP contribution in [-0.4, -0.2) is 32.7 Å². The molecule has 0 spiro atoms. The van der Waals surface area contributed by atoms with Crippen LogP contribution in [0, 0.1) is 11.3 Å². The van der Waals surface area contributed by atoms with Crippen LogP contribution in [0.25, 0.3) is 5.78 Å². The average Bonchev–Trinajstić information content (AvgIpc) is 2.85. The molecule has 0 radical (unpaired) electrons. The monoisotopic (exact) mass is 293 g/mol. The maximum Gasteiger partial charge on any atom is 0.255 e. The van der Waals surface area contributed by atoms with E-state index in [0.717, 1.165) is 24.8 Å². The molecule has 0 amide bonds. The molecule has 1 aliphatic rings. The summed E-state index contributed by atoms with van der Waals surface area (Å²) in [5.41, 5.74) is 0.380. The highest BCUT2D eigenvalue weighted by Crippen LogP contribution is 2.35.